The van der Waals surface area contributed by atoms with Crippen LogP contribution in [0, 0.1) is 6.92 Å². The first-order valence-corrected chi connectivity index (χ1v) is 5.44. The average Bonchev–Trinajstić information content (AvgIpc) is 2.38. The number of aryl methyl sites for hydroxylation is 1. The predicted octanol–water partition coefficient (Wildman–Crippen LogP) is 3.56. The van der Waals surface area contributed by atoms with Crippen molar-refractivity contribution >= 4 is 5.78 Å². The zero-order valence-corrected chi connectivity index (χ0v) is 9.73. The van der Waals surface area contributed by atoms with Crippen molar-refractivity contribution in [2.75, 3.05) is 0 Å². The van der Waals surface area contributed by atoms with Gasteiger partial charge in [0.1, 0.15) is 5.69 Å². The van der Waals surface area contributed by atoms with Gasteiger partial charge in [-0.2, -0.15) is 0 Å². The molecule has 0 radical (unpaired) electrons. The van der Waals surface area contributed by atoms with Crippen LogP contribution in [0.15, 0.2) is 42.6 Å². The summed E-state index contributed by atoms with van der Waals surface area (Å²) in [5, 5.41) is 0. The molecule has 0 N–H and O–H groups in total. The summed E-state index contributed by atoms with van der Waals surface area (Å²) in [5.74, 6) is -0.469. The van der Waals surface area contributed by atoms with E-state index in [9.17, 15) is 13.6 Å². The van der Waals surface area contributed by atoms with Crippen molar-refractivity contribution in [3.05, 3.63) is 65.0 Å². The number of nitrogens with zero attached hydrogens (tertiary/aromatic N) is 1. The molecule has 0 aliphatic heterocycles. The normalized spacial score (nSPS) is 10.7. The Morgan fingerprint density at radius 3 is 2.56 bits per heavy atom. The number of rotatable bonds is 3. The van der Waals surface area contributed by atoms with E-state index in [4.69, 9.17) is 0 Å². The molecule has 0 aliphatic rings. The maximum Gasteiger partial charge on any atom is 0.264 e. The van der Waals surface area contributed by atoms with Gasteiger partial charge in [-0.15, -0.1) is 0 Å². The second kappa shape index (κ2) is 5.04. The zero-order valence-electron chi connectivity index (χ0n) is 9.73. The fourth-order valence-electron chi connectivity index (χ4n) is 1.81. The summed E-state index contributed by atoms with van der Waals surface area (Å²) in [6, 6.07) is 9.27. The summed E-state index contributed by atoms with van der Waals surface area (Å²) in [7, 11) is 0. The first-order valence-electron chi connectivity index (χ1n) is 5.44. The van der Waals surface area contributed by atoms with Crippen LogP contribution in [0.3, 0.4) is 0 Å². The van der Waals surface area contributed by atoms with Crippen LogP contribution >= 0.6 is 0 Å². The van der Waals surface area contributed by atoms with Gasteiger partial charge in [0.15, 0.2) is 0 Å². The molecule has 0 amide bonds. The van der Waals surface area contributed by atoms with E-state index in [-0.39, 0.29) is 16.8 Å². The summed E-state index contributed by atoms with van der Waals surface area (Å²) >= 11 is 0. The number of aromatic nitrogens is 1. The minimum Gasteiger partial charge on any atom is -0.287 e. The lowest BCUT2D eigenvalue weighted by atomic mass is 9.96. The fourth-order valence-corrected chi connectivity index (χ4v) is 1.81. The number of pyridine rings is 1. The molecular weight excluding hydrogens is 236 g/mol. The van der Waals surface area contributed by atoms with Gasteiger partial charge in [-0.25, -0.2) is 8.78 Å². The Hall–Kier alpha value is -2.10. The average molecular weight is 247 g/mol. The molecule has 92 valence electrons. The Morgan fingerprint density at radius 2 is 1.94 bits per heavy atom. The van der Waals surface area contributed by atoms with Crippen LogP contribution in [0.4, 0.5) is 8.78 Å². The van der Waals surface area contributed by atoms with Crippen molar-refractivity contribution < 1.29 is 13.6 Å². The van der Waals surface area contributed by atoms with Crippen LogP contribution in [0.25, 0.3) is 0 Å². The van der Waals surface area contributed by atoms with E-state index < -0.39 is 12.2 Å². The summed E-state index contributed by atoms with van der Waals surface area (Å²) in [4.78, 5) is 16.1. The van der Waals surface area contributed by atoms with E-state index >= 15 is 0 Å². The Kier molecular flexibility index (Phi) is 3.46. The summed E-state index contributed by atoms with van der Waals surface area (Å²) < 4.78 is 25.8. The van der Waals surface area contributed by atoms with Crippen molar-refractivity contribution in [3.8, 4) is 0 Å². The van der Waals surface area contributed by atoms with E-state index in [1.54, 1.807) is 25.1 Å². The third-order valence-electron chi connectivity index (χ3n) is 2.66. The Morgan fingerprint density at radius 1 is 1.17 bits per heavy atom. The molecular formula is C14H11F2NO. The molecule has 1 aromatic heterocycles. The van der Waals surface area contributed by atoms with Crippen LogP contribution in [0.5, 0.6) is 0 Å². The van der Waals surface area contributed by atoms with Gasteiger partial charge in [0.05, 0.1) is 0 Å². The largest absolute Gasteiger partial charge is 0.287 e. The Labute approximate surface area is 103 Å². The topological polar surface area (TPSA) is 30.0 Å². The lowest BCUT2D eigenvalue weighted by molar-refractivity contribution is 0.101. The summed E-state index contributed by atoms with van der Waals surface area (Å²) in [5.41, 5.74) is 0.508. The van der Waals surface area contributed by atoms with Gasteiger partial charge in [0, 0.05) is 17.3 Å². The number of alkyl halides is 2. The highest BCUT2D eigenvalue weighted by Gasteiger charge is 2.21. The number of halogens is 2. The molecule has 0 atom stereocenters. The summed E-state index contributed by atoms with van der Waals surface area (Å²) in [6.45, 7) is 1.64. The maximum atomic E-state index is 12.9. The van der Waals surface area contributed by atoms with Gasteiger partial charge in [-0.05, 0) is 24.6 Å². The second-order valence-electron chi connectivity index (χ2n) is 3.88. The van der Waals surface area contributed by atoms with Crippen LogP contribution in [-0.4, -0.2) is 10.8 Å². The van der Waals surface area contributed by atoms with Gasteiger partial charge in [0.25, 0.3) is 6.43 Å². The molecule has 0 saturated heterocycles. The van der Waals surface area contributed by atoms with Gasteiger partial charge >= 0.3 is 0 Å². The van der Waals surface area contributed by atoms with E-state index in [0.29, 0.717) is 5.56 Å². The first kappa shape index (κ1) is 12.4. The van der Waals surface area contributed by atoms with Gasteiger partial charge in [-0.3, -0.25) is 9.78 Å². The van der Waals surface area contributed by atoms with Gasteiger partial charge in [0.2, 0.25) is 5.78 Å². The molecule has 18 heavy (non-hydrogen) atoms. The maximum absolute atomic E-state index is 12.9. The molecule has 0 bridgehead atoms. The lowest BCUT2D eigenvalue weighted by Crippen LogP contribution is -2.09. The molecule has 0 unspecified atom stereocenters. The highest BCUT2D eigenvalue weighted by atomic mass is 19.3. The van der Waals surface area contributed by atoms with Crippen molar-refractivity contribution in [1.82, 2.24) is 4.98 Å². The SMILES string of the molecule is Cc1cccc(C(F)F)c1C(=O)c1ccccn1. The molecule has 0 saturated carbocycles. The number of hydrogen-bond acceptors (Lipinski definition) is 2. The second-order valence-corrected chi connectivity index (χ2v) is 3.88. The van der Waals surface area contributed by atoms with E-state index in [0.717, 1.165) is 0 Å². The van der Waals surface area contributed by atoms with Crippen molar-refractivity contribution in [2.24, 2.45) is 0 Å². The molecule has 2 rings (SSSR count). The van der Waals surface area contributed by atoms with Crippen molar-refractivity contribution in [1.29, 1.82) is 0 Å². The van der Waals surface area contributed by atoms with Crippen LogP contribution in [0.1, 0.15) is 33.6 Å². The number of benzene rings is 1. The summed E-state index contributed by atoms with van der Waals surface area (Å²) in [6.07, 6.45) is -1.21. The van der Waals surface area contributed by atoms with E-state index in [1.807, 2.05) is 0 Å². The number of carbonyl (C=O) groups is 1. The number of hydrogen-bond donors (Lipinski definition) is 0. The lowest BCUT2D eigenvalue weighted by Gasteiger charge is -2.10. The van der Waals surface area contributed by atoms with Gasteiger partial charge in [-0.1, -0.05) is 24.3 Å². The monoisotopic (exact) mass is 247 g/mol. The number of carbonyl (C=O) groups excluding carboxylic acids is 1. The highest BCUT2D eigenvalue weighted by Crippen LogP contribution is 2.26. The molecule has 0 aliphatic carbocycles. The molecule has 0 fully saturated rings. The predicted molar refractivity (Wildman–Crippen MR) is 63.8 cm³/mol. The molecule has 0 spiro atoms. The molecule has 1 aromatic carbocycles. The van der Waals surface area contributed by atoms with Crippen LogP contribution in [0.2, 0.25) is 0 Å². The molecule has 2 aromatic rings. The van der Waals surface area contributed by atoms with Crippen LogP contribution < -0.4 is 0 Å². The minimum atomic E-state index is -2.67. The zero-order chi connectivity index (χ0) is 13.1. The molecule has 4 heteroatoms. The van der Waals surface area contributed by atoms with Crippen molar-refractivity contribution in [2.45, 2.75) is 13.3 Å². The molecule has 1 heterocycles. The Balaban J connectivity index is 2.54. The van der Waals surface area contributed by atoms with Crippen LogP contribution in [-0.2, 0) is 0 Å². The third kappa shape index (κ3) is 2.27. The Bertz CT molecular complexity index is 567. The minimum absolute atomic E-state index is 0.0474. The fraction of sp³-hybridized carbons (Fsp3) is 0.143. The van der Waals surface area contributed by atoms with Crippen molar-refractivity contribution in [3.63, 3.8) is 0 Å². The highest BCUT2D eigenvalue weighted by molar-refractivity contribution is 6.09. The quantitative estimate of drug-likeness (QED) is 0.776. The number of ketones is 1. The smallest absolute Gasteiger partial charge is 0.264 e. The first-order chi connectivity index (χ1) is 8.61. The van der Waals surface area contributed by atoms with Gasteiger partial charge < -0.3 is 0 Å². The molecule has 2 nitrogen and oxygen atoms in total. The third-order valence-corrected chi connectivity index (χ3v) is 2.66. The van der Waals surface area contributed by atoms with E-state index in [2.05, 4.69) is 4.98 Å². The standard InChI is InChI=1S/C14H11F2NO/c1-9-5-4-6-10(14(15)16)12(9)13(18)11-7-2-3-8-17-11/h2-8,14H,1H3. The van der Waals surface area contributed by atoms with E-state index in [1.165, 1.54) is 24.4 Å².